The SMILES string of the molecule is Cc1c(C(=O)NNC(=O)c2ccc(O)cc2)oc2c1ccc1ccccc12. The van der Waals surface area contributed by atoms with Gasteiger partial charge in [-0.15, -0.1) is 0 Å². The van der Waals surface area contributed by atoms with Gasteiger partial charge in [-0.2, -0.15) is 0 Å². The fourth-order valence-electron chi connectivity index (χ4n) is 3.02. The van der Waals surface area contributed by atoms with Crippen molar-refractivity contribution >= 4 is 33.6 Å². The highest BCUT2D eigenvalue weighted by atomic mass is 16.3. The number of fused-ring (bicyclic) bond motifs is 3. The van der Waals surface area contributed by atoms with Gasteiger partial charge >= 0.3 is 5.91 Å². The van der Waals surface area contributed by atoms with E-state index in [1.54, 1.807) is 6.92 Å². The molecule has 0 saturated carbocycles. The van der Waals surface area contributed by atoms with Gasteiger partial charge in [-0.3, -0.25) is 20.4 Å². The van der Waals surface area contributed by atoms with Gasteiger partial charge in [0.1, 0.15) is 11.3 Å². The first-order valence-electron chi connectivity index (χ1n) is 8.35. The summed E-state index contributed by atoms with van der Waals surface area (Å²) in [6, 6.07) is 17.4. The zero-order chi connectivity index (χ0) is 19.0. The van der Waals surface area contributed by atoms with E-state index in [-0.39, 0.29) is 11.5 Å². The molecule has 6 nitrogen and oxygen atoms in total. The second-order valence-electron chi connectivity index (χ2n) is 6.17. The Bertz CT molecular complexity index is 1180. The Balaban J connectivity index is 1.59. The highest BCUT2D eigenvalue weighted by Gasteiger charge is 2.19. The van der Waals surface area contributed by atoms with Crippen LogP contribution in [0, 0.1) is 6.92 Å². The number of amides is 2. The summed E-state index contributed by atoms with van der Waals surface area (Å²) in [6.07, 6.45) is 0. The lowest BCUT2D eigenvalue weighted by molar-refractivity contribution is 0.0831. The average Bonchev–Trinajstić information content (AvgIpc) is 3.03. The van der Waals surface area contributed by atoms with Gasteiger partial charge in [0.15, 0.2) is 5.76 Å². The number of hydrazine groups is 1. The number of aryl methyl sites for hydroxylation is 1. The third-order valence-corrected chi connectivity index (χ3v) is 4.45. The number of hydrogen-bond donors (Lipinski definition) is 3. The summed E-state index contributed by atoms with van der Waals surface area (Å²) >= 11 is 0. The number of carbonyl (C=O) groups excluding carboxylic acids is 2. The largest absolute Gasteiger partial charge is 0.508 e. The van der Waals surface area contributed by atoms with Crippen molar-refractivity contribution in [2.75, 3.05) is 0 Å². The van der Waals surface area contributed by atoms with E-state index in [1.165, 1.54) is 24.3 Å². The van der Waals surface area contributed by atoms with Crippen molar-refractivity contribution in [1.29, 1.82) is 0 Å². The van der Waals surface area contributed by atoms with Crippen molar-refractivity contribution in [3.8, 4) is 5.75 Å². The number of nitrogens with one attached hydrogen (secondary N) is 2. The number of aromatic hydroxyl groups is 1. The molecule has 6 heteroatoms. The van der Waals surface area contributed by atoms with Gasteiger partial charge in [0.05, 0.1) is 0 Å². The molecule has 1 aromatic heterocycles. The van der Waals surface area contributed by atoms with Crippen LogP contribution >= 0.6 is 0 Å². The molecule has 0 atom stereocenters. The summed E-state index contributed by atoms with van der Waals surface area (Å²) in [5.41, 5.74) is 6.36. The van der Waals surface area contributed by atoms with E-state index in [9.17, 15) is 14.7 Å². The molecule has 4 rings (SSSR count). The first kappa shape index (κ1) is 16.7. The van der Waals surface area contributed by atoms with E-state index < -0.39 is 11.8 Å². The van der Waals surface area contributed by atoms with E-state index in [0.717, 1.165) is 16.2 Å². The molecule has 0 spiro atoms. The minimum atomic E-state index is -0.542. The van der Waals surface area contributed by atoms with Gasteiger partial charge in [-0.1, -0.05) is 36.4 Å². The first-order chi connectivity index (χ1) is 13.0. The van der Waals surface area contributed by atoms with E-state index >= 15 is 0 Å². The Kier molecular flexibility index (Phi) is 4.01. The monoisotopic (exact) mass is 360 g/mol. The van der Waals surface area contributed by atoms with Gasteiger partial charge < -0.3 is 9.52 Å². The number of benzene rings is 3. The third kappa shape index (κ3) is 2.97. The summed E-state index contributed by atoms with van der Waals surface area (Å²) in [5, 5.41) is 12.1. The van der Waals surface area contributed by atoms with Crippen LogP contribution < -0.4 is 10.9 Å². The average molecular weight is 360 g/mol. The molecule has 0 saturated heterocycles. The van der Waals surface area contributed by atoms with Crippen LogP contribution in [0.1, 0.15) is 26.5 Å². The third-order valence-electron chi connectivity index (χ3n) is 4.45. The molecule has 134 valence electrons. The van der Waals surface area contributed by atoms with E-state index in [4.69, 9.17) is 4.42 Å². The summed E-state index contributed by atoms with van der Waals surface area (Å²) in [7, 11) is 0. The molecule has 1 heterocycles. The molecule has 27 heavy (non-hydrogen) atoms. The second-order valence-corrected chi connectivity index (χ2v) is 6.17. The summed E-state index contributed by atoms with van der Waals surface area (Å²) < 4.78 is 5.83. The van der Waals surface area contributed by atoms with Crippen LogP contribution in [0.4, 0.5) is 0 Å². The van der Waals surface area contributed by atoms with Crippen LogP contribution in [0.5, 0.6) is 5.75 Å². The van der Waals surface area contributed by atoms with Crippen LogP contribution in [0.3, 0.4) is 0 Å². The number of rotatable bonds is 2. The Labute approximate surface area is 154 Å². The second kappa shape index (κ2) is 6.49. The van der Waals surface area contributed by atoms with Gasteiger partial charge in [0, 0.05) is 21.9 Å². The quantitative estimate of drug-likeness (QED) is 0.476. The van der Waals surface area contributed by atoms with E-state index in [0.29, 0.717) is 16.7 Å². The standard InChI is InChI=1S/C21H16N2O4/c1-12-16-11-8-13-4-2-3-5-17(13)19(16)27-18(12)21(26)23-22-20(25)14-6-9-15(24)10-7-14/h2-11,24H,1H3,(H,22,25)(H,23,26). The van der Waals surface area contributed by atoms with Crippen LogP contribution in [0.15, 0.2) is 65.1 Å². The molecule has 0 bridgehead atoms. The van der Waals surface area contributed by atoms with Gasteiger partial charge in [0.25, 0.3) is 5.91 Å². The van der Waals surface area contributed by atoms with Crippen molar-refractivity contribution < 1.29 is 19.1 Å². The Morgan fingerprint density at radius 3 is 2.33 bits per heavy atom. The Morgan fingerprint density at radius 2 is 1.56 bits per heavy atom. The highest BCUT2D eigenvalue weighted by molar-refractivity contribution is 6.09. The Hall–Kier alpha value is -3.80. The van der Waals surface area contributed by atoms with Crippen LogP contribution in [-0.4, -0.2) is 16.9 Å². The van der Waals surface area contributed by atoms with Crippen LogP contribution in [0.2, 0.25) is 0 Å². The predicted molar refractivity (Wildman–Crippen MR) is 101 cm³/mol. The molecule has 0 fully saturated rings. The van der Waals surface area contributed by atoms with Crippen molar-refractivity contribution in [2.24, 2.45) is 0 Å². The molecule has 0 radical (unpaired) electrons. The number of phenols is 1. The molecular formula is C21H16N2O4. The molecule has 0 aliphatic heterocycles. The zero-order valence-corrected chi connectivity index (χ0v) is 14.4. The normalized spacial score (nSPS) is 10.9. The molecule has 3 aromatic carbocycles. The van der Waals surface area contributed by atoms with Gasteiger partial charge in [-0.25, -0.2) is 0 Å². The molecular weight excluding hydrogens is 344 g/mol. The van der Waals surface area contributed by atoms with E-state index in [2.05, 4.69) is 10.9 Å². The number of furan rings is 1. The lowest BCUT2D eigenvalue weighted by Gasteiger charge is -2.06. The number of carbonyl (C=O) groups is 2. The van der Waals surface area contributed by atoms with Crippen LogP contribution in [-0.2, 0) is 0 Å². The maximum Gasteiger partial charge on any atom is 0.305 e. The minimum absolute atomic E-state index is 0.0562. The van der Waals surface area contributed by atoms with Crippen molar-refractivity contribution in [3.05, 3.63) is 77.6 Å². The molecule has 3 N–H and O–H groups in total. The van der Waals surface area contributed by atoms with Crippen molar-refractivity contribution in [2.45, 2.75) is 6.92 Å². The Morgan fingerprint density at radius 1 is 0.852 bits per heavy atom. The highest BCUT2D eigenvalue weighted by Crippen LogP contribution is 2.31. The molecule has 0 aliphatic rings. The lowest BCUT2D eigenvalue weighted by atomic mass is 10.1. The molecule has 0 aliphatic carbocycles. The van der Waals surface area contributed by atoms with Crippen molar-refractivity contribution in [1.82, 2.24) is 10.9 Å². The maximum absolute atomic E-state index is 12.5. The summed E-state index contributed by atoms with van der Waals surface area (Å²) in [4.78, 5) is 24.6. The molecule has 0 unspecified atom stereocenters. The molecule has 2 amide bonds. The summed E-state index contributed by atoms with van der Waals surface area (Å²) in [6.45, 7) is 1.80. The predicted octanol–water partition coefficient (Wildman–Crippen LogP) is 3.67. The van der Waals surface area contributed by atoms with Gasteiger partial charge in [-0.05, 0) is 36.6 Å². The lowest BCUT2D eigenvalue weighted by Crippen LogP contribution is -2.41. The van der Waals surface area contributed by atoms with Gasteiger partial charge in [0.2, 0.25) is 0 Å². The fraction of sp³-hybridized carbons (Fsp3) is 0.0476. The van der Waals surface area contributed by atoms with Crippen molar-refractivity contribution in [3.63, 3.8) is 0 Å². The summed E-state index contributed by atoms with van der Waals surface area (Å²) in [5.74, 6) is -0.837. The maximum atomic E-state index is 12.5. The first-order valence-corrected chi connectivity index (χ1v) is 8.35. The van der Waals surface area contributed by atoms with Crippen LogP contribution in [0.25, 0.3) is 21.7 Å². The minimum Gasteiger partial charge on any atom is -0.508 e. The smallest absolute Gasteiger partial charge is 0.305 e. The topological polar surface area (TPSA) is 91.6 Å². The van der Waals surface area contributed by atoms with E-state index in [1.807, 2.05) is 36.4 Å². The number of phenolic OH excluding ortho intramolecular Hbond substituents is 1. The number of hydrogen-bond acceptors (Lipinski definition) is 4. The zero-order valence-electron chi connectivity index (χ0n) is 14.4. The molecule has 4 aromatic rings. The fourth-order valence-corrected chi connectivity index (χ4v) is 3.02.